The topological polar surface area (TPSA) is 121 Å². The molecule has 1 saturated heterocycles. The number of ether oxygens (including phenoxy) is 1. The third kappa shape index (κ3) is 3.38. The van der Waals surface area contributed by atoms with Gasteiger partial charge in [-0.2, -0.15) is 5.11 Å². The average molecular weight is 408 g/mol. The highest BCUT2D eigenvalue weighted by Gasteiger charge is 2.39. The fourth-order valence-corrected chi connectivity index (χ4v) is 3.78. The summed E-state index contributed by atoms with van der Waals surface area (Å²) >= 11 is 0. The highest BCUT2D eigenvalue weighted by atomic mass is 16.5. The first-order valence-corrected chi connectivity index (χ1v) is 9.45. The number of carbonyl (C=O) groups is 3. The summed E-state index contributed by atoms with van der Waals surface area (Å²) in [5.74, 6) is -0.609. The van der Waals surface area contributed by atoms with E-state index in [1.807, 2.05) is 0 Å². The summed E-state index contributed by atoms with van der Waals surface area (Å²) < 4.78 is 5.27. The molecule has 0 saturated carbocycles. The van der Waals surface area contributed by atoms with Gasteiger partial charge in [0.25, 0.3) is 5.91 Å². The van der Waals surface area contributed by atoms with Crippen LogP contribution in [0.2, 0.25) is 0 Å². The van der Waals surface area contributed by atoms with Gasteiger partial charge in [0.2, 0.25) is 11.8 Å². The number of nitrogens with zero attached hydrogens (tertiary/aromatic N) is 3. The molecule has 2 N–H and O–H groups in total. The Morgan fingerprint density at radius 3 is 2.73 bits per heavy atom. The number of fused-ring (bicyclic) bond motifs is 1. The second-order valence-electron chi connectivity index (χ2n) is 7.22. The lowest BCUT2D eigenvalue weighted by Gasteiger charge is -2.29. The van der Waals surface area contributed by atoms with Gasteiger partial charge in [-0.25, -0.2) is 0 Å². The van der Waals surface area contributed by atoms with Gasteiger partial charge in [-0.3, -0.25) is 19.7 Å². The fraction of sp³-hybridized carbons (Fsp3) is 0.286. The SMILES string of the molecule is COc1cc(O)cc(C)c1N=Nc1cccc2c1CN(C1CCC(=O)NC1=O)C2=O. The van der Waals surface area contributed by atoms with E-state index in [4.69, 9.17) is 4.74 Å². The van der Waals surface area contributed by atoms with E-state index in [2.05, 4.69) is 15.5 Å². The van der Waals surface area contributed by atoms with Crippen LogP contribution in [0.1, 0.15) is 34.3 Å². The van der Waals surface area contributed by atoms with Crippen molar-refractivity contribution >= 4 is 29.1 Å². The normalized spacial score (nSPS) is 18.7. The maximum atomic E-state index is 12.9. The molecule has 0 aromatic heterocycles. The average Bonchev–Trinajstić information content (AvgIpc) is 3.04. The summed E-state index contributed by atoms with van der Waals surface area (Å²) in [5, 5.41) is 20.6. The number of phenols is 1. The minimum Gasteiger partial charge on any atom is -0.508 e. The molecule has 0 spiro atoms. The number of rotatable bonds is 4. The maximum Gasteiger partial charge on any atom is 0.255 e. The first kappa shape index (κ1) is 19.6. The Bertz CT molecular complexity index is 1100. The van der Waals surface area contributed by atoms with Crippen LogP contribution in [0.5, 0.6) is 11.5 Å². The number of azo groups is 1. The highest BCUT2D eigenvalue weighted by molar-refractivity contribution is 6.06. The maximum absolute atomic E-state index is 12.9. The third-order valence-corrected chi connectivity index (χ3v) is 5.29. The van der Waals surface area contributed by atoms with Crippen LogP contribution < -0.4 is 10.1 Å². The first-order valence-electron chi connectivity index (χ1n) is 9.45. The molecule has 2 aromatic carbocycles. The lowest BCUT2D eigenvalue weighted by atomic mass is 10.0. The predicted molar refractivity (Wildman–Crippen MR) is 106 cm³/mol. The van der Waals surface area contributed by atoms with Gasteiger partial charge in [0.1, 0.15) is 23.2 Å². The van der Waals surface area contributed by atoms with Crippen LogP contribution in [0.25, 0.3) is 0 Å². The van der Waals surface area contributed by atoms with Gasteiger partial charge < -0.3 is 14.7 Å². The molecule has 4 rings (SSSR count). The Kier molecular flexibility index (Phi) is 4.94. The van der Waals surface area contributed by atoms with Crippen LogP contribution in [0.15, 0.2) is 40.6 Å². The van der Waals surface area contributed by atoms with Crippen LogP contribution in [-0.4, -0.2) is 40.9 Å². The molecular weight excluding hydrogens is 388 g/mol. The Labute approximate surface area is 172 Å². The zero-order chi connectivity index (χ0) is 21.4. The number of amides is 3. The van der Waals surface area contributed by atoms with E-state index >= 15 is 0 Å². The van der Waals surface area contributed by atoms with Crippen LogP contribution in [-0.2, 0) is 16.1 Å². The van der Waals surface area contributed by atoms with Gasteiger partial charge in [-0.1, -0.05) is 6.07 Å². The van der Waals surface area contributed by atoms with Gasteiger partial charge >= 0.3 is 0 Å². The Morgan fingerprint density at radius 1 is 1.20 bits per heavy atom. The number of carbonyl (C=O) groups excluding carboxylic acids is 3. The quantitative estimate of drug-likeness (QED) is 0.595. The molecule has 1 fully saturated rings. The molecule has 2 heterocycles. The zero-order valence-corrected chi connectivity index (χ0v) is 16.5. The van der Waals surface area contributed by atoms with Crippen molar-refractivity contribution in [2.45, 2.75) is 32.4 Å². The lowest BCUT2D eigenvalue weighted by molar-refractivity contribution is -0.136. The van der Waals surface area contributed by atoms with Gasteiger partial charge in [0.05, 0.1) is 12.8 Å². The minimum absolute atomic E-state index is 0.0642. The number of piperidine rings is 1. The molecule has 1 atom stereocenters. The van der Waals surface area contributed by atoms with E-state index < -0.39 is 11.9 Å². The van der Waals surface area contributed by atoms with Crippen molar-refractivity contribution in [3.63, 3.8) is 0 Å². The molecule has 30 heavy (non-hydrogen) atoms. The number of phenolic OH excluding ortho intramolecular Hbond substituents is 1. The lowest BCUT2D eigenvalue weighted by Crippen LogP contribution is -2.52. The standard InChI is InChI=1S/C21H20N4O5/c1-11-8-12(26)9-17(30-2)19(11)24-23-15-5-3-4-13-14(15)10-25(21(13)29)16-6-7-18(27)22-20(16)28/h3-5,8-9,16,26H,6-7,10H2,1-2H3,(H,22,27,28). The van der Waals surface area contributed by atoms with Crippen molar-refractivity contribution < 1.29 is 24.2 Å². The highest BCUT2D eigenvalue weighted by Crippen LogP contribution is 2.38. The van der Waals surface area contributed by atoms with Crippen LogP contribution >= 0.6 is 0 Å². The molecule has 0 radical (unpaired) electrons. The molecule has 2 aromatic rings. The van der Waals surface area contributed by atoms with Gasteiger partial charge in [-0.05, 0) is 37.1 Å². The molecule has 3 amide bonds. The van der Waals surface area contributed by atoms with Gasteiger partial charge in [0.15, 0.2) is 0 Å². The predicted octanol–water partition coefficient (Wildman–Crippen LogP) is 2.89. The van der Waals surface area contributed by atoms with Crippen LogP contribution in [0, 0.1) is 6.92 Å². The number of benzene rings is 2. The summed E-state index contributed by atoms with van der Waals surface area (Å²) in [7, 11) is 1.48. The Morgan fingerprint density at radius 2 is 2.00 bits per heavy atom. The zero-order valence-electron chi connectivity index (χ0n) is 16.5. The molecule has 154 valence electrons. The number of hydrogen-bond donors (Lipinski definition) is 2. The number of aromatic hydroxyl groups is 1. The van der Waals surface area contributed by atoms with E-state index in [9.17, 15) is 19.5 Å². The summed E-state index contributed by atoms with van der Waals surface area (Å²) in [6, 6.07) is 7.46. The molecular formula is C21H20N4O5. The third-order valence-electron chi connectivity index (χ3n) is 5.29. The number of methoxy groups -OCH3 is 1. The van der Waals surface area contributed by atoms with E-state index in [1.165, 1.54) is 18.1 Å². The largest absolute Gasteiger partial charge is 0.508 e. The van der Waals surface area contributed by atoms with E-state index in [0.29, 0.717) is 40.2 Å². The molecule has 0 aliphatic carbocycles. The molecule has 2 aliphatic rings. The van der Waals surface area contributed by atoms with Crippen molar-refractivity contribution in [2.75, 3.05) is 7.11 Å². The summed E-state index contributed by atoms with van der Waals surface area (Å²) in [4.78, 5) is 38.0. The first-order chi connectivity index (χ1) is 14.4. The number of aryl methyl sites for hydroxylation is 1. The number of nitrogens with one attached hydrogen (secondary N) is 1. The second-order valence-corrected chi connectivity index (χ2v) is 7.22. The molecule has 2 aliphatic heterocycles. The minimum atomic E-state index is -0.688. The van der Waals surface area contributed by atoms with E-state index in [0.717, 1.165) is 0 Å². The Hall–Kier alpha value is -3.75. The van der Waals surface area contributed by atoms with Crippen molar-refractivity contribution in [2.24, 2.45) is 10.2 Å². The van der Waals surface area contributed by atoms with Crippen molar-refractivity contribution in [1.29, 1.82) is 0 Å². The summed E-state index contributed by atoms with van der Waals surface area (Å²) in [6.45, 7) is 1.99. The number of hydrogen-bond acceptors (Lipinski definition) is 7. The van der Waals surface area contributed by atoms with Gasteiger partial charge in [-0.15, -0.1) is 5.11 Å². The van der Waals surface area contributed by atoms with Crippen molar-refractivity contribution in [3.05, 3.63) is 47.0 Å². The smallest absolute Gasteiger partial charge is 0.255 e. The summed E-state index contributed by atoms with van der Waals surface area (Å²) in [5.41, 5.74) is 2.80. The Balaban J connectivity index is 1.65. The monoisotopic (exact) mass is 408 g/mol. The second kappa shape index (κ2) is 7.58. The van der Waals surface area contributed by atoms with Crippen molar-refractivity contribution in [3.8, 4) is 11.5 Å². The van der Waals surface area contributed by atoms with E-state index in [-0.39, 0.29) is 30.5 Å². The molecule has 1 unspecified atom stereocenters. The fourth-order valence-electron chi connectivity index (χ4n) is 3.78. The molecule has 0 bridgehead atoms. The molecule has 9 heteroatoms. The van der Waals surface area contributed by atoms with Crippen LogP contribution in [0.3, 0.4) is 0 Å². The van der Waals surface area contributed by atoms with Crippen LogP contribution in [0.4, 0.5) is 11.4 Å². The van der Waals surface area contributed by atoms with Gasteiger partial charge in [0, 0.05) is 30.2 Å². The number of imide groups is 1. The van der Waals surface area contributed by atoms with Crippen molar-refractivity contribution in [1.82, 2.24) is 10.2 Å². The molecule has 9 nitrogen and oxygen atoms in total. The summed E-state index contributed by atoms with van der Waals surface area (Å²) in [6.07, 6.45) is 0.494. The van der Waals surface area contributed by atoms with E-state index in [1.54, 1.807) is 31.2 Å².